The average Bonchev–Trinajstić information content (AvgIpc) is 1.69. The van der Waals surface area contributed by atoms with E-state index in [9.17, 15) is 0 Å². The maximum absolute atomic E-state index is 2.26. The van der Waals surface area contributed by atoms with Crippen molar-refractivity contribution in [3.05, 3.63) is 386 Å². The first-order valence-corrected chi connectivity index (χ1v) is 32.9. The molecule has 0 aliphatic rings. The zero-order valence-electron chi connectivity index (χ0n) is 53.4. The maximum Gasteiger partial charge on any atom is 0.121 e. The SMILES string of the molecule is Cc1cc2c(-c3ccccc3)cccc2[cH-]1.Cc1cc2c(-c3ccccc3)cccc2[cH-]1.Cc1cc2c(-c3ccccc3)cccc2[cH-]1.Cc1cc2c(-c3ccccc3)cccc2[cH-]1.[Cl-].[Cl-].[Hf].[Hf].c1ccc([Si]c2ccccc2)cc1.c1ccc([Si]c2ccccc2)cc1. The Kier molecular flexibility index (Phi) is 29.3. The summed E-state index contributed by atoms with van der Waals surface area (Å²) in [6.07, 6.45) is 0. The minimum absolute atomic E-state index is 0. The molecule has 0 bridgehead atoms. The van der Waals surface area contributed by atoms with Crippen LogP contribution in [0.25, 0.3) is 87.6 Å². The number of hydrogen-bond donors (Lipinski definition) is 0. The molecule has 460 valence electrons. The van der Waals surface area contributed by atoms with E-state index < -0.39 is 0 Å². The molecule has 0 unspecified atom stereocenters. The molecule has 0 N–H and O–H groups in total. The van der Waals surface area contributed by atoms with Crippen LogP contribution in [0.4, 0.5) is 0 Å². The standard InChI is InChI=1S/4C16H13.2C12H10Si.2ClH.2Hf/c4*1-12-10-14-8-5-9-15(16(14)11-12)13-6-3-2-4-7-13;2*1-3-7-11(8-4-1)13-12-9-5-2-6-10-12;;;;/h4*2-11H,1H3;2*1-10H;2*1H;;/q4*-1;;;;;;/p-2. The number of halogens is 2. The topological polar surface area (TPSA) is 0 Å². The van der Waals surface area contributed by atoms with Gasteiger partial charge in [0.05, 0.1) is 0 Å². The van der Waals surface area contributed by atoms with E-state index >= 15 is 0 Å². The second kappa shape index (κ2) is 37.7. The van der Waals surface area contributed by atoms with Gasteiger partial charge in [-0.25, -0.2) is 0 Å². The third-order valence-electron chi connectivity index (χ3n) is 15.6. The van der Waals surface area contributed by atoms with Gasteiger partial charge in [0.15, 0.2) is 0 Å². The van der Waals surface area contributed by atoms with Crippen molar-refractivity contribution in [2.75, 3.05) is 0 Å². The van der Waals surface area contributed by atoms with Crippen molar-refractivity contribution in [1.29, 1.82) is 0 Å². The number of fused-ring (bicyclic) bond motifs is 4. The minimum Gasteiger partial charge on any atom is -1.00 e. The van der Waals surface area contributed by atoms with Gasteiger partial charge in [-0.2, -0.15) is 24.3 Å². The molecule has 6 heteroatoms. The second-order valence-corrected chi connectivity index (χ2v) is 25.4. The van der Waals surface area contributed by atoms with Crippen LogP contribution in [0.1, 0.15) is 22.3 Å². The van der Waals surface area contributed by atoms with Crippen molar-refractivity contribution in [3.8, 4) is 44.5 Å². The molecule has 16 aromatic rings. The zero-order chi connectivity index (χ0) is 61.7. The predicted molar refractivity (Wildman–Crippen MR) is 395 cm³/mol. The summed E-state index contributed by atoms with van der Waals surface area (Å²) in [6.45, 7) is 8.59. The Morgan fingerprint density at radius 3 is 0.553 bits per heavy atom. The quantitative estimate of drug-likeness (QED) is 0.105. The van der Waals surface area contributed by atoms with Crippen LogP contribution in [-0.2, 0) is 51.7 Å². The van der Waals surface area contributed by atoms with Gasteiger partial charge < -0.3 is 24.8 Å². The molecule has 0 aliphatic heterocycles. The first-order valence-electron chi connectivity index (χ1n) is 30.9. The molecule has 0 aromatic heterocycles. The monoisotopic (exact) mass is 1610 g/mol. The molecule has 4 radical (unpaired) electrons. The van der Waals surface area contributed by atoms with Gasteiger partial charge in [-0.1, -0.05) is 338 Å². The van der Waals surface area contributed by atoms with Crippen molar-refractivity contribution >= 4 is 82.9 Å². The van der Waals surface area contributed by atoms with E-state index in [1.54, 1.807) is 0 Å². The van der Waals surface area contributed by atoms with E-state index in [0.29, 0.717) is 0 Å². The predicted octanol–water partition coefficient (Wildman–Crippen LogP) is 14.8. The third-order valence-corrected chi connectivity index (χ3v) is 18.1. The van der Waals surface area contributed by atoms with Crippen LogP contribution in [0.2, 0.25) is 0 Å². The molecular formula is C88H72Cl2Hf2Si2-6. The van der Waals surface area contributed by atoms with Gasteiger partial charge in [-0.15, -0.1) is 138 Å². The Morgan fingerprint density at radius 1 is 0.202 bits per heavy atom. The smallest absolute Gasteiger partial charge is 0.121 e. The number of hydrogen-bond acceptors (Lipinski definition) is 0. The molecule has 0 amide bonds. The fraction of sp³-hybridized carbons (Fsp3) is 0.0455. The molecule has 16 rings (SSSR count). The van der Waals surface area contributed by atoms with E-state index in [4.69, 9.17) is 0 Å². The summed E-state index contributed by atoms with van der Waals surface area (Å²) in [5, 5.41) is 16.3. The van der Waals surface area contributed by atoms with Crippen LogP contribution in [0.5, 0.6) is 0 Å². The van der Waals surface area contributed by atoms with Gasteiger partial charge in [0, 0.05) is 51.7 Å². The van der Waals surface area contributed by atoms with E-state index in [0.717, 1.165) is 19.0 Å². The largest absolute Gasteiger partial charge is 1.00 e. The summed E-state index contributed by atoms with van der Waals surface area (Å²) < 4.78 is 0. The Morgan fingerprint density at radius 2 is 0.372 bits per heavy atom. The van der Waals surface area contributed by atoms with Gasteiger partial charge in [-0.05, 0) is 22.3 Å². The summed E-state index contributed by atoms with van der Waals surface area (Å²) in [4.78, 5) is 0. The van der Waals surface area contributed by atoms with Gasteiger partial charge in [0.2, 0.25) is 0 Å². The third kappa shape index (κ3) is 20.4. The summed E-state index contributed by atoms with van der Waals surface area (Å²) in [5.74, 6) is 0. The molecule has 0 nitrogen and oxygen atoms in total. The summed E-state index contributed by atoms with van der Waals surface area (Å²) in [5.41, 5.74) is 15.8. The Balaban J connectivity index is 0.000000159. The fourth-order valence-corrected chi connectivity index (χ4v) is 13.5. The molecule has 0 saturated heterocycles. The maximum atomic E-state index is 2.26. The van der Waals surface area contributed by atoms with Gasteiger partial charge >= 0.3 is 0 Å². The van der Waals surface area contributed by atoms with Crippen molar-refractivity contribution < 1.29 is 76.5 Å². The minimum atomic E-state index is 0. The zero-order valence-corrected chi connectivity index (χ0v) is 64.1. The van der Waals surface area contributed by atoms with Crippen LogP contribution < -0.4 is 45.6 Å². The van der Waals surface area contributed by atoms with Crippen molar-refractivity contribution in [2.24, 2.45) is 0 Å². The summed E-state index contributed by atoms with van der Waals surface area (Å²) in [7, 11) is 1.55. The fourth-order valence-electron chi connectivity index (χ4n) is 11.4. The van der Waals surface area contributed by atoms with Gasteiger partial charge in [0.1, 0.15) is 19.0 Å². The second-order valence-electron chi connectivity index (χ2n) is 22.5. The summed E-state index contributed by atoms with van der Waals surface area (Å²) >= 11 is 0. The molecule has 0 spiro atoms. The number of rotatable bonds is 8. The van der Waals surface area contributed by atoms with E-state index in [2.05, 4.69) is 392 Å². The molecule has 0 saturated carbocycles. The molecule has 16 aromatic carbocycles. The van der Waals surface area contributed by atoms with Crippen molar-refractivity contribution in [3.63, 3.8) is 0 Å². The average molecular weight is 1610 g/mol. The molecule has 0 aliphatic carbocycles. The van der Waals surface area contributed by atoms with Crippen LogP contribution in [0.15, 0.2) is 364 Å². The van der Waals surface area contributed by atoms with Crippen LogP contribution in [0.3, 0.4) is 0 Å². The molecule has 0 atom stereocenters. The van der Waals surface area contributed by atoms with Crippen molar-refractivity contribution in [1.82, 2.24) is 0 Å². The first-order chi connectivity index (χ1) is 44.3. The van der Waals surface area contributed by atoms with Crippen LogP contribution in [0, 0.1) is 27.7 Å². The number of benzene rings is 12. The molecule has 0 heterocycles. The molecular weight excluding hydrogens is 1540 g/mol. The van der Waals surface area contributed by atoms with Crippen LogP contribution >= 0.6 is 0 Å². The molecule has 94 heavy (non-hydrogen) atoms. The Bertz CT molecular complexity index is 4160. The van der Waals surface area contributed by atoms with E-state index in [-0.39, 0.29) is 76.5 Å². The van der Waals surface area contributed by atoms with E-state index in [1.807, 2.05) is 0 Å². The summed E-state index contributed by atoms with van der Waals surface area (Å²) in [6, 6.07) is 129. The first kappa shape index (κ1) is 73.2. The number of aryl methyl sites for hydroxylation is 4. The normalized spacial score (nSPS) is 10.1. The Labute approximate surface area is 612 Å². The van der Waals surface area contributed by atoms with Crippen molar-refractivity contribution in [2.45, 2.75) is 27.7 Å². The Hall–Kier alpha value is -8.17. The van der Waals surface area contributed by atoms with Crippen LogP contribution in [-0.4, -0.2) is 19.0 Å². The van der Waals surface area contributed by atoms with Gasteiger partial charge in [0.25, 0.3) is 0 Å². The van der Waals surface area contributed by atoms with E-state index in [1.165, 1.54) is 131 Å². The molecule has 0 fully saturated rings. The van der Waals surface area contributed by atoms with Gasteiger partial charge in [-0.3, -0.25) is 0 Å².